The zero-order valence-corrected chi connectivity index (χ0v) is 10.5. The lowest BCUT2D eigenvalue weighted by Crippen LogP contribution is -2.19. The number of hydrogen-bond acceptors (Lipinski definition) is 7. The number of aliphatic hydroxyl groups is 1. The van der Waals surface area contributed by atoms with E-state index in [4.69, 9.17) is 11.5 Å². The molecule has 5 N–H and O–H groups in total. The number of rotatable bonds is 3. The van der Waals surface area contributed by atoms with Gasteiger partial charge >= 0.3 is 0 Å². The van der Waals surface area contributed by atoms with Crippen LogP contribution < -0.4 is 11.5 Å². The lowest BCUT2D eigenvalue weighted by Gasteiger charge is -2.16. The average molecular weight is 263 g/mol. The molecule has 2 aromatic heterocycles. The third kappa shape index (κ3) is 2.07. The quantitative estimate of drug-likeness (QED) is 0.699. The van der Waals surface area contributed by atoms with E-state index in [0.717, 1.165) is 19.3 Å². The predicted octanol–water partition coefficient (Wildman–Crippen LogP) is -0.206. The topological polar surface area (TPSA) is 129 Å². The third-order valence-electron chi connectivity index (χ3n) is 3.87. The highest BCUT2D eigenvalue weighted by Crippen LogP contribution is 2.32. The van der Waals surface area contributed by atoms with Crippen LogP contribution in [0.1, 0.15) is 19.3 Å². The van der Waals surface area contributed by atoms with E-state index in [-0.39, 0.29) is 18.4 Å². The van der Waals surface area contributed by atoms with Crippen molar-refractivity contribution in [2.75, 3.05) is 18.1 Å². The second-order valence-electron chi connectivity index (χ2n) is 5.04. The standard InChI is InChI=1S/C11H17N7O/c12-9-8-10(15-11(13)14-9)18(17-16-8)4-6-2-1-3-7(6)5-19/h6-7,19H,1-5H2,(H4,12,13,14,15)/t6-,7+/m0/s1. The first-order valence-corrected chi connectivity index (χ1v) is 6.42. The smallest absolute Gasteiger partial charge is 0.224 e. The summed E-state index contributed by atoms with van der Waals surface area (Å²) in [5, 5.41) is 17.4. The average Bonchev–Trinajstić information content (AvgIpc) is 2.97. The number of nitrogens with two attached hydrogens (primary N) is 2. The number of hydrogen-bond donors (Lipinski definition) is 3. The lowest BCUT2D eigenvalue weighted by molar-refractivity contribution is 0.182. The van der Waals surface area contributed by atoms with Gasteiger partial charge in [-0.2, -0.15) is 9.97 Å². The van der Waals surface area contributed by atoms with E-state index in [2.05, 4.69) is 20.3 Å². The van der Waals surface area contributed by atoms with Gasteiger partial charge in [-0.3, -0.25) is 0 Å². The summed E-state index contributed by atoms with van der Waals surface area (Å²) in [6.07, 6.45) is 3.29. The van der Waals surface area contributed by atoms with Crippen LogP contribution in [-0.2, 0) is 6.54 Å². The van der Waals surface area contributed by atoms with Crippen LogP contribution >= 0.6 is 0 Å². The Morgan fingerprint density at radius 2 is 2.00 bits per heavy atom. The Hall–Kier alpha value is -1.96. The molecule has 1 fully saturated rings. The fourth-order valence-corrected chi connectivity index (χ4v) is 2.83. The highest BCUT2D eigenvalue weighted by molar-refractivity contribution is 5.81. The molecule has 0 spiro atoms. The zero-order chi connectivity index (χ0) is 13.4. The van der Waals surface area contributed by atoms with Crippen LogP contribution in [0.4, 0.5) is 11.8 Å². The molecule has 3 rings (SSSR count). The molecule has 0 aliphatic heterocycles. The summed E-state index contributed by atoms with van der Waals surface area (Å²) in [5.41, 5.74) is 12.4. The molecule has 102 valence electrons. The second-order valence-corrected chi connectivity index (χ2v) is 5.04. The maximum absolute atomic E-state index is 9.36. The maximum Gasteiger partial charge on any atom is 0.224 e. The van der Waals surface area contributed by atoms with Gasteiger partial charge in [0.05, 0.1) is 0 Å². The van der Waals surface area contributed by atoms with Crippen molar-refractivity contribution in [1.29, 1.82) is 0 Å². The summed E-state index contributed by atoms with van der Waals surface area (Å²) >= 11 is 0. The summed E-state index contributed by atoms with van der Waals surface area (Å²) < 4.78 is 1.71. The van der Waals surface area contributed by atoms with E-state index < -0.39 is 0 Å². The summed E-state index contributed by atoms with van der Waals surface area (Å²) in [4.78, 5) is 8.02. The second kappa shape index (κ2) is 4.61. The van der Waals surface area contributed by atoms with Gasteiger partial charge in [-0.1, -0.05) is 11.6 Å². The van der Waals surface area contributed by atoms with Gasteiger partial charge in [-0.05, 0) is 24.7 Å². The molecule has 0 radical (unpaired) electrons. The van der Waals surface area contributed by atoms with Crippen LogP contribution in [0, 0.1) is 11.8 Å². The van der Waals surface area contributed by atoms with Crippen molar-refractivity contribution in [3.8, 4) is 0 Å². The molecular weight excluding hydrogens is 246 g/mol. The number of anilines is 2. The number of aromatic nitrogens is 5. The highest BCUT2D eigenvalue weighted by Gasteiger charge is 2.28. The van der Waals surface area contributed by atoms with E-state index in [1.807, 2.05) is 0 Å². The van der Waals surface area contributed by atoms with E-state index in [9.17, 15) is 5.11 Å². The Bertz CT molecular complexity index is 596. The van der Waals surface area contributed by atoms with Crippen molar-refractivity contribution < 1.29 is 5.11 Å². The first-order valence-electron chi connectivity index (χ1n) is 6.42. The largest absolute Gasteiger partial charge is 0.396 e. The van der Waals surface area contributed by atoms with Crippen LogP contribution in [0.5, 0.6) is 0 Å². The Labute approximate surface area is 109 Å². The van der Waals surface area contributed by atoms with Gasteiger partial charge in [0, 0.05) is 13.2 Å². The van der Waals surface area contributed by atoms with Gasteiger partial charge in [0.15, 0.2) is 17.0 Å². The first kappa shape index (κ1) is 12.1. The Morgan fingerprint density at radius 3 is 2.79 bits per heavy atom. The monoisotopic (exact) mass is 263 g/mol. The summed E-state index contributed by atoms with van der Waals surface area (Å²) in [6.45, 7) is 0.897. The van der Waals surface area contributed by atoms with Crippen LogP contribution in [0.2, 0.25) is 0 Å². The zero-order valence-electron chi connectivity index (χ0n) is 10.5. The first-order chi connectivity index (χ1) is 9.19. The molecule has 8 nitrogen and oxygen atoms in total. The SMILES string of the molecule is Nc1nc(N)c2nnn(C[C@@H]3CCC[C@@H]3CO)c2n1. The van der Waals surface area contributed by atoms with Crippen LogP contribution in [0.25, 0.3) is 11.2 Å². The minimum atomic E-state index is 0.124. The van der Waals surface area contributed by atoms with E-state index in [1.165, 1.54) is 0 Å². The Morgan fingerprint density at radius 1 is 1.21 bits per heavy atom. The third-order valence-corrected chi connectivity index (χ3v) is 3.87. The van der Waals surface area contributed by atoms with Crippen molar-refractivity contribution in [3.05, 3.63) is 0 Å². The molecule has 0 saturated heterocycles. The molecule has 2 heterocycles. The number of aliphatic hydroxyl groups excluding tert-OH is 1. The lowest BCUT2D eigenvalue weighted by atomic mass is 9.97. The number of fused-ring (bicyclic) bond motifs is 1. The molecule has 8 heteroatoms. The molecule has 19 heavy (non-hydrogen) atoms. The van der Waals surface area contributed by atoms with E-state index >= 15 is 0 Å². The van der Waals surface area contributed by atoms with Gasteiger partial charge in [0.1, 0.15) is 0 Å². The van der Waals surface area contributed by atoms with Gasteiger partial charge in [-0.25, -0.2) is 4.68 Å². The van der Waals surface area contributed by atoms with E-state index in [1.54, 1.807) is 4.68 Å². The van der Waals surface area contributed by atoms with Crippen molar-refractivity contribution in [2.45, 2.75) is 25.8 Å². The van der Waals surface area contributed by atoms with Crippen molar-refractivity contribution in [1.82, 2.24) is 25.0 Å². The predicted molar refractivity (Wildman–Crippen MR) is 69.9 cm³/mol. The summed E-state index contributed by atoms with van der Waals surface area (Å²) in [7, 11) is 0. The molecule has 1 saturated carbocycles. The minimum absolute atomic E-state index is 0.124. The van der Waals surface area contributed by atoms with Gasteiger partial charge in [0.2, 0.25) is 5.95 Å². The summed E-state index contributed by atoms with van der Waals surface area (Å²) in [5.74, 6) is 1.10. The maximum atomic E-state index is 9.36. The van der Waals surface area contributed by atoms with Gasteiger partial charge < -0.3 is 16.6 Å². The highest BCUT2D eigenvalue weighted by atomic mass is 16.3. The van der Waals surface area contributed by atoms with E-state index in [0.29, 0.717) is 29.5 Å². The number of nitrogen functional groups attached to an aromatic ring is 2. The van der Waals surface area contributed by atoms with Gasteiger partial charge in [0.25, 0.3) is 0 Å². The Kier molecular flexibility index (Phi) is 2.94. The minimum Gasteiger partial charge on any atom is -0.396 e. The molecule has 0 unspecified atom stereocenters. The fraction of sp³-hybridized carbons (Fsp3) is 0.636. The Balaban J connectivity index is 1.93. The van der Waals surface area contributed by atoms with Gasteiger partial charge in [-0.15, -0.1) is 5.10 Å². The molecule has 1 aliphatic carbocycles. The van der Waals surface area contributed by atoms with Crippen molar-refractivity contribution in [3.63, 3.8) is 0 Å². The molecule has 2 atom stereocenters. The van der Waals surface area contributed by atoms with Crippen molar-refractivity contribution >= 4 is 22.9 Å². The fourth-order valence-electron chi connectivity index (χ4n) is 2.83. The molecule has 2 aromatic rings. The summed E-state index contributed by atoms with van der Waals surface area (Å²) in [6, 6.07) is 0. The van der Waals surface area contributed by atoms with Crippen LogP contribution in [-0.4, -0.2) is 36.7 Å². The normalized spacial score (nSPS) is 23.2. The van der Waals surface area contributed by atoms with Crippen LogP contribution in [0.3, 0.4) is 0 Å². The molecular formula is C11H17N7O. The molecule has 0 amide bonds. The molecule has 0 bridgehead atoms. The van der Waals surface area contributed by atoms with Crippen LogP contribution in [0.15, 0.2) is 0 Å². The molecule has 1 aliphatic rings. The molecule has 0 aromatic carbocycles. The number of nitrogens with zero attached hydrogens (tertiary/aromatic N) is 5. The van der Waals surface area contributed by atoms with Crippen molar-refractivity contribution in [2.24, 2.45) is 11.8 Å².